The first-order valence-corrected chi connectivity index (χ1v) is 5.48. The Morgan fingerprint density at radius 2 is 2.22 bits per heavy atom. The summed E-state index contributed by atoms with van der Waals surface area (Å²) in [6.07, 6.45) is 1.37. The maximum atomic E-state index is 12.7. The number of carbonyl (C=O) groups is 1. The molecule has 0 aliphatic rings. The molecule has 0 aromatic heterocycles. The number of ether oxygens (including phenoxy) is 1. The summed E-state index contributed by atoms with van der Waals surface area (Å²) in [7, 11) is 0. The van der Waals surface area contributed by atoms with Gasteiger partial charge in [0.05, 0.1) is 12.7 Å². The Kier molecular flexibility index (Phi) is 5.52. The molecule has 94 valence electrons. The third-order valence-corrected chi connectivity index (χ3v) is 2.15. The highest BCUT2D eigenvalue weighted by Crippen LogP contribution is 2.13. The molecule has 0 bridgehead atoms. The summed E-state index contributed by atoms with van der Waals surface area (Å²) in [4.78, 5) is 14.9. The van der Waals surface area contributed by atoms with E-state index < -0.39 is 11.9 Å². The summed E-state index contributed by atoms with van der Waals surface area (Å²) in [5.74, 6) is -1.40. The number of rotatable bonds is 5. The van der Waals surface area contributed by atoms with E-state index in [1.165, 1.54) is 30.5 Å². The van der Waals surface area contributed by atoms with E-state index in [-0.39, 0.29) is 12.4 Å². The molecule has 0 heterocycles. The number of hydrogen-bond donors (Lipinski definition) is 0. The molecule has 0 fully saturated rings. The largest absolute Gasteiger partial charge is 0.465 e. The summed E-state index contributed by atoms with van der Waals surface area (Å²) in [6.45, 7) is 1.89. The van der Waals surface area contributed by atoms with Crippen LogP contribution in [0.2, 0.25) is 0 Å². The predicted octanol–water partition coefficient (Wildman–Crippen LogP) is 2.07. The van der Waals surface area contributed by atoms with Gasteiger partial charge in [-0.2, -0.15) is 5.26 Å². The molecule has 0 saturated carbocycles. The monoisotopic (exact) mass is 248 g/mol. The fraction of sp³-hybridized carbons (Fsp3) is 0.308. The third-order valence-electron chi connectivity index (χ3n) is 2.15. The van der Waals surface area contributed by atoms with Gasteiger partial charge in [-0.3, -0.25) is 9.79 Å². The van der Waals surface area contributed by atoms with Crippen molar-refractivity contribution in [2.24, 2.45) is 4.99 Å². The van der Waals surface area contributed by atoms with E-state index in [9.17, 15) is 9.18 Å². The smallest absolute Gasteiger partial charge is 0.327 e. The van der Waals surface area contributed by atoms with Crippen LogP contribution in [-0.2, 0) is 9.53 Å². The Bertz CT molecular complexity index is 463. The van der Waals surface area contributed by atoms with Gasteiger partial charge in [-0.15, -0.1) is 0 Å². The molecule has 1 aromatic rings. The van der Waals surface area contributed by atoms with Gasteiger partial charge >= 0.3 is 5.97 Å². The molecule has 0 amide bonds. The third kappa shape index (κ3) is 4.34. The fourth-order valence-corrected chi connectivity index (χ4v) is 1.30. The van der Waals surface area contributed by atoms with E-state index in [1.54, 1.807) is 6.92 Å². The van der Waals surface area contributed by atoms with Crippen molar-refractivity contribution in [2.75, 3.05) is 13.2 Å². The normalized spacial score (nSPS) is 12.1. The molecule has 0 N–H and O–H groups in total. The quantitative estimate of drug-likeness (QED) is 0.592. The van der Waals surface area contributed by atoms with Gasteiger partial charge in [-0.1, -0.05) is 12.1 Å². The standard InChI is InChI=1S/C13H13FN2O2/c1-2-18-13(17)9-16-8-11(7-15)10-3-5-12(14)6-4-10/h3-6,8,11H,2,9H2,1H3. The van der Waals surface area contributed by atoms with Crippen LogP contribution in [-0.4, -0.2) is 25.3 Å². The number of hydrogen-bond acceptors (Lipinski definition) is 4. The van der Waals surface area contributed by atoms with E-state index in [2.05, 4.69) is 4.99 Å². The lowest BCUT2D eigenvalue weighted by molar-refractivity contribution is -0.141. The molecule has 5 heteroatoms. The van der Waals surface area contributed by atoms with Crippen LogP contribution in [0.15, 0.2) is 29.3 Å². The molecule has 0 spiro atoms. The molecular formula is C13H13FN2O2. The zero-order valence-corrected chi connectivity index (χ0v) is 9.97. The number of carbonyl (C=O) groups excluding carboxylic acids is 1. The predicted molar refractivity (Wildman–Crippen MR) is 64.7 cm³/mol. The number of benzene rings is 1. The van der Waals surface area contributed by atoms with Crippen LogP contribution in [0.5, 0.6) is 0 Å². The van der Waals surface area contributed by atoms with Gasteiger partial charge in [-0.25, -0.2) is 4.39 Å². The minimum Gasteiger partial charge on any atom is -0.465 e. The van der Waals surface area contributed by atoms with Crippen LogP contribution < -0.4 is 0 Å². The maximum Gasteiger partial charge on any atom is 0.327 e. The summed E-state index contributed by atoms with van der Waals surface area (Å²) in [5, 5.41) is 8.97. The highest BCUT2D eigenvalue weighted by atomic mass is 19.1. The fourth-order valence-electron chi connectivity index (χ4n) is 1.30. The van der Waals surface area contributed by atoms with Gasteiger partial charge in [0.25, 0.3) is 0 Å². The molecular weight excluding hydrogens is 235 g/mol. The zero-order valence-electron chi connectivity index (χ0n) is 9.97. The van der Waals surface area contributed by atoms with Crippen LogP contribution in [0.1, 0.15) is 18.4 Å². The molecule has 1 unspecified atom stereocenters. The van der Waals surface area contributed by atoms with E-state index in [1.807, 2.05) is 6.07 Å². The van der Waals surface area contributed by atoms with E-state index >= 15 is 0 Å². The molecule has 0 radical (unpaired) electrons. The van der Waals surface area contributed by atoms with Crippen molar-refractivity contribution in [2.45, 2.75) is 12.8 Å². The molecule has 0 saturated heterocycles. The first kappa shape index (κ1) is 13.8. The van der Waals surface area contributed by atoms with Gasteiger partial charge in [-0.05, 0) is 24.6 Å². The molecule has 4 nitrogen and oxygen atoms in total. The van der Waals surface area contributed by atoms with Crippen molar-refractivity contribution >= 4 is 12.2 Å². The van der Waals surface area contributed by atoms with Crippen LogP contribution >= 0.6 is 0 Å². The Balaban J connectivity index is 2.63. The minimum absolute atomic E-state index is 0.118. The van der Waals surface area contributed by atoms with Crippen molar-refractivity contribution in [1.29, 1.82) is 5.26 Å². The van der Waals surface area contributed by atoms with Gasteiger partial charge in [0.15, 0.2) is 0 Å². The summed E-state index contributed by atoms with van der Waals surface area (Å²) in [6, 6.07) is 7.60. The average Bonchev–Trinajstić information content (AvgIpc) is 2.36. The number of halogens is 1. The Labute approximate surface area is 105 Å². The van der Waals surface area contributed by atoms with Gasteiger partial charge < -0.3 is 4.74 Å². The lowest BCUT2D eigenvalue weighted by Gasteiger charge is -2.03. The number of esters is 1. The average molecular weight is 248 g/mol. The maximum absolute atomic E-state index is 12.7. The lowest BCUT2D eigenvalue weighted by Crippen LogP contribution is -2.08. The van der Waals surface area contributed by atoms with Crippen LogP contribution in [0, 0.1) is 17.1 Å². The number of aliphatic imine (C=N–C) groups is 1. The second-order valence-electron chi connectivity index (χ2n) is 3.45. The van der Waals surface area contributed by atoms with E-state index in [0.717, 1.165) is 0 Å². The van der Waals surface area contributed by atoms with Gasteiger partial charge in [0.1, 0.15) is 18.3 Å². The van der Waals surface area contributed by atoms with Crippen LogP contribution in [0.25, 0.3) is 0 Å². The van der Waals surface area contributed by atoms with Crippen molar-refractivity contribution < 1.29 is 13.9 Å². The van der Waals surface area contributed by atoms with Crippen LogP contribution in [0.3, 0.4) is 0 Å². The summed E-state index contributed by atoms with van der Waals surface area (Å²) < 4.78 is 17.4. The summed E-state index contributed by atoms with van der Waals surface area (Å²) in [5.41, 5.74) is 0.631. The van der Waals surface area contributed by atoms with Crippen molar-refractivity contribution in [3.8, 4) is 6.07 Å². The highest BCUT2D eigenvalue weighted by Gasteiger charge is 2.07. The van der Waals surface area contributed by atoms with Crippen molar-refractivity contribution in [1.82, 2.24) is 0 Å². The second kappa shape index (κ2) is 7.17. The Hall–Kier alpha value is -2.22. The van der Waals surface area contributed by atoms with E-state index in [4.69, 9.17) is 10.00 Å². The molecule has 1 aromatic carbocycles. The molecule has 0 aliphatic heterocycles. The molecule has 1 rings (SSSR count). The minimum atomic E-state index is -0.597. The first-order valence-electron chi connectivity index (χ1n) is 5.48. The Morgan fingerprint density at radius 1 is 1.56 bits per heavy atom. The SMILES string of the molecule is CCOC(=O)CN=CC(C#N)c1ccc(F)cc1. The second-order valence-corrected chi connectivity index (χ2v) is 3.45. The number of nitrogens with zero attached hydrogens (tertiary/aromatic N) is 2. The van der Waals surface area contributed by atoms with E-state index in [0.29, 0.717) is 12.2 Å². The van der Waals surface area contributed by atoms with Crippen molar-refractivity contribution in [3.05, 3.63) is 35.6 Å². The first-order chi connectivity index (χ1) is 8.67. The van der Waals surface area contributed by atoms with Crippen molar-refractivity contribution in [3.63, 3.8) is 0 Å². The number of nitriles is 1. The van der Waals surface area contributed by atoms with Gasteiger partial charge in [0, 0.05) is 6.21 Å². The van der Waals surface area contributed by atoms with Crippen LogP contribution in [0.4, 0.5) is 4.39 Å². The molecule has 18 heavy (non-hydrogen) atoms. The molecule has 0 aliphatic carbocycles. The molecule has 1 atom stereocenters. The lowest BCUT2D eigenvalue weighted by atomic mass is 10.0. The Morgan fingerprint density at radius 3 is 2.78 bits per heavy atom. The highest BCUT2D eigenvalue weighted by molar-refractivity contribution is 5.77. The topological polar surface area (TPSA) is 62.4 Å². The zero-order chi connectivity index (χ0) is 13.4. The van der Waals surface area contributed by atoms with Gasteiger partial charge in [0.2, 0.25) is 0 Å². The summed E-state index contributed by atoms with van der Waals surface area (Å²) >= 11 is 0.